The van der Waals surface area contributed by atoms with Crippen LogP contribution in [0.3, 0.4) is 0 Å². The normalized spacial score (nSPS) is 12.2. The Morgan fingerprint density at radius 2 is 1.65 bits per heavy atom. The minimum atomic E-state index is -0.707. The first-order valence-corrected chi connectivity index (χ1v) is 8.40. The fraction of sp³-hybridized carbons (Fsp3) is 0.333. The topological polar surface area (TPSA) is 111 Å². The average molecular weight is 356 g/mol. The predicted octanol–water partition coefficient (Wildman–Crippen LogP) is 6.21. The van der Waals surface area contributed by atoms with Crippen LogP contribution < -0.4 is 0 Å². The molecule has 136 valence electrons. The molecule has 8 nitrogen and oxygen atoms in total. The Balaban J connectivity index is 2.24. The molecule has 1 atom stereocenters. The lowest BCUT2D eigenvalue weighted by Crippen LogP contribution is -1.95. The predicted molar refractivity (Wildman–Crippen MR) is 98.3 cm³/mol. The van der Waals surface area contributed by atoms with Crippen LogP contribution >= 0.6 is 0 Å². The van der Waals surface area contributed by atoms with E-state index in [4.69, 9.17) is 0 Å². The van der Waals surface area contributed by atoms with E-state index < -0.39 is 15.5 Å². The number of nitro groups is 2. The third kappa shape index (κ3) is 4.69. The van der Waals surface area contributed by atoms with E-state index in [1.807, 2.05) is 24.3 Å². The van der Waals surface area contributed by atoms with Gasteiger partial charge in [0.2, 0.25) is 0 Å². The van der Waals surface area contributed by atoms with Gasteiger partial charge in [0.15, 0.2) is 5.69 Å². The van der Waals surface area contributed by atoms with E-state index in [2.05, 4.69) is 24.1 Å². The standard InChI is InChI=1S/C18H20N4O4/c1-3-5-13(4-2)14-6-8-15(9-7-14)19-20-17-11-10-16(21(23)24)12-18(17)22(25)26/h6-13H,3-5H2,1-2H3. The van der Waals surface area contributed by atoms with Crippen molar-refractivity contribution < 1.29 is 9.85 Å². The Morgan fingerprint density at radius 3 is 2.19 bits per heavy atom. The van der Waals surface area contributed by atoms with Gasteiger partial charge >= 0.3 is 5.69 Å². The molecule has 0 N–H and O–H groups in total. The molecule has 2 aromatic rings. The van der Waals surface area contributed by atoms with Gasteiger partial charge in [0.1, 0.15) is 0 Å². The third-order valence-electron chi connectivity index (χ3n) is 4.13. The Morgan fingerprint density at radius 1 is 0.962 bits per heavy atom. The van der Waals surface area contributed by atoms with Crippen molar-refractivity contribution in [2.45, 2.75) is 39.0 Å². The van der Waals surface area contributed by atoms with Crippen LogP contribution in [-0.2, 0) is 0 Å². The molecule has 0 aliphatic carbocycles. The summed E-state index contributed by atoms with van der Waals surface area (Å²) < 4.78 is 0. The highest BCUT2D eigenvalue weighted by Gasteiger charge is 2.19. The van der Waals surface area contributed by atoms with Gasteiger partial charge in [0.25, 0.3) is 5.69 Å². The molecule has 26 heavy (non-hydrogen) atoms. The van der Waals surface area contributed by atoms with Gasteiger partial charge in [-0.2, -0.15) is 5.11 Å². The van der Waals surface area contributed by atoms with E-state index in [1.54, 1.807) is 0 Å². The zero-order valence-corrected chi connectivity index (χ0v) is 14.7. The SMILES string of the molecule is CCCC(CC)c1ccc(N=Nc2ccc([N+](=O)[O-])cc2[N+](=O)[O-])cc1. The molecule has 0 radical (unpaired) electrons. The molecule has 0 spiro atoms. The van der Waals surface area contributed by atoms with Gasteiger partial charge in [-0.05, 0) is 42.5 Å². The molecule has 0 aromatic heterocycles. The van der Waals surface area contributed by atoms with Crippen molar-refractivity contribution in [3.8, 4) is 0 Å². The van der Waals surface area contributed by atoms with Gasteiger partial charge in [0, 0.05) is 6.07 Å². The van der Waals surface area contributed by atoms with Gasteiger partial charge in [-0.25, -0.2) is 0 Å². The van der Waals surface area contributed by atoms with Crippen molar-refractivity contribution >= 4 is 22.7 Å². The Hall–Kier alpha value is -3.16. The molecule has 0 saturated heterocycles. The maximum absolute atomic E-state index is 11.1. The number of hydrogen-bond acceptors (Lipinski definition) is 6. The van der Waals surface area contributed by atoms with Gasteiger partial charge in [-0.3, -0.25) is 20.2 Å². The van der Waals surface area contributed by atoms with Gasteiger partial charge in [0.05, 0.1) is 21.6 Å². The second kappa shape index (κ2) is 8.80. The summed E-state index contributed by atoms with van der Waals surface area (Å²) in [7, 11) is 0. The Labute approximate surface area is 150 Å². The maximum Gasteiger partial charge on any atom is 0.303 e. The smallest absolute Gasteiger partial charge is 0.258 e. The van der Waals surface area contributed by atoms with E-state index in [-0.39, 0.29) is 11.4 Å². The molecule has 0 aliphatic rings. The van der Waals surface area contributed by atoms with E-state index >= 15 is 0 Å². The molecule has 2 rings (SSSR count). The maximum atomic E-state index is 11.1. The molecule has 0 saturated carbocycles. The minimum Gasteiger partial charge on any atom is -0.258 e. The first-order chi connectivity index (χ1) is 12.5. The molecular weight excluding hydrogens is 336 g/mol. The van der Waals surface area contributed by atoms with Crippen LogP contribution in [0, 0.1) is 20.2 Å². The highest BCUT2D eigenvalue weighted by molar-refractivity contribution is 5.61. The average Bonchev–Trinajstić information content (AvgIpc) is 2.64. The van der Waals surface area contributed by atoms with Gasteiger partial charge < -0.3 is 0 Å². The minimum absolute atomic E-state index is 0.0258. The number of nitro benzene ring substituents is 2. The summed E-state index contributed by atoms with van der Waals surface area (Å²) in [4.78, 5) is 20.5. The van der Waals surface area contributed by atoms with E-state index in [0.29, 0.717) is 11.6 Å². The fourth-order valence-electron chi connectivity index (χ4n) is 2.74. The number of nitrogens with zero attached hydrogens (tertiary/aromatic N) is 4. The molecule has 0 amide bonds. The summed E-state index contributed by atoms with van der Waals surface area (Å²) in [6, 6.07) is 10.9. The zero-order valence-electron chi connectivity index (χ0n) is 14.7. The van der Waals surface area contributed by atoms with Gasteiger partial charge in [-0.15, -0.1) is 5.11 Å². The molecule has 0 bridgehead atoms. The summed E-state index contributed by atoms with van der Waals surface area (Å²) in [5, 5.41) is 29.8. The summed E-state index contributed by atoms with van der Waals surface area (Å²) in [5.41, 5.74) is 0.958. The Kier molecular flexibility index (Phi) is 6.48. The van der Waals surface area contributed by atoms with Crippen LogP contribution in [0.25, 0.3) is 0 Å². The van der Waals surface area contributed by atoms with E-state index in [0.717, 1.165) is 25.3 Å². The van der Waals surface area contributed by atoms with Gasteiger partial charge in [-0.1, -0.05) is 32.4 Å². The van der Waals surface area contributed by atoms with Crippen molar-refractivity contribution in [1.29, 1.82) is 0 Å². The van der Waals surface area contributed by atoms with Crippen molar-refractivity contribution in [3.05, 3.63) is 68.3 Å². The number of azo groups is 1. The molecule has 0 aliphatic heterocycles. The van der Waals surface area contributed by atoms with Crippen LogP contribution in [0.1, 0.15) is 44.6 Å². The van der Waals surface area contributed by atoms with Crippen molar-refractivity contribution in [2.24, 2.45) is 10.2 Å². The highest BCUT2D eigenvalue weighted by Crippen LogP contribution is 2.33. The van der Waals surface area contributed by atoms with Crippen molar-refractivity contribution in [2.75, 3.05) is 0 Å². The first kappa shape index (κ1) is 19.2. The lowest BCUT2D eigenvalue weighted by molar-refractivity contribution is -0.393. The summed E-state index contributed by atoms with van der Waals surface area (Å²) >= 11 is 0. The third-order valence-corrected chi connectivity index (χ3v) is 4.13. The Bertz CT molecular complexity index is 818. The second-order valence-electron chi connectivity index (χ2n) is 5.87. The number of benzene rings is 2. The van der Waals surface area contributed by atoms with Crippen LogP contribution in [0.4, 0.5) is 22.7 Å². The van der Waals surface area contributed by atoms with Crippen LogP contribution in [0.2, 0.25) is 0 Å². The lowest BCUT2D eigenvalue weighted by atomic mass is 9.92. The van der Waals surface area contributed by atoms with Crippen LogP contribution in [0.15, 0.2) is 52.7 Å². The lowest BCUT2D eigenvalue weighted by Gasteiger charge is -2.13. The number of rotatable bonds is 8. The van der Waals surface area contributed by atoms with Crippen molar-refractivity contribution in [3.63, 3.8) is 0 Å². The van der Waals surface area contributed by atoms with Crippen LogP contribution in [-0.4, -0.2) is 9.85 Å². The van der Waals surface area contributed by atoms with E-state index in [9.17, 15) is 20.2 Å². The summed E-state index contributed by atoms with van der Waals surface area (Å²) in [6.45, 7) is 4.31. The quantitative estimate of drug-likeness (QED) is 0.318. The molecule has 8 heteroatoms. The number of hydrogen-bond donors (Lipinski definition) is 0. The second-order valence-corrected chi connectivity index (χ2v) is 5.87. The number of non-ortho nitro benzene ring substituents is 1. The fourth-order valence-corrected chi connectivity index (χ4v) is 2.74. The molecule has 2 aromatic carbocycles. The first-order valence-electron chi connectivity index (χ1n) is 8.40. The molecule has 0 heterocycles. The molecule has 1 unspecified atom stereocenters. The summed E-state index contributed by atoms with van der Waals surface area (Å²) in [5.74, 6) is 0.502. The monoisotopic (exact) mass is 356 g/mol. The summed E-state index contributed by atoms with van der Waals surface area (Å²) in [6.07, 6.45) is 3.29. The molecule has 0 fully saturated rings. The molecular formula is C18H20N4O4. The van der Waals surface area contributed by atoms with Crippen molar-refractivity contribution in [1.82, 2.24) is 0 Å². The van der Waals surface area contributed by atoms with E-state index in [1.165, 1.54) is 17.7 Å². The highest BCUT2D eigenvalue weighted by atomic mass is 16.6. The zero-order chi connectivity index (χ0) is 19.1. The largest absolute Gasteiger partial charge is 0.303 e. The van der Waals surface area contributed by atoms with Crippen LogP contribution in [0.5, 0.6) is 0 Å².